The van der Waals surface area contributed by atoms with Crippen LogP contribution >= 0.6 is 0 Å². The van der Waals surface area contributed by atoms with E-state index in [0.717, 1.165) is 6.42 Å². The van der Waals surface area contributed by atoms with Crippen molar-refractivity contribution in [2.75, 3.05) is 27.4 Å². The van der Waals surface area contributed by atoms with Crippen LogP contribution in [-0.2, 0) is 4.74 Å². The summed E-state index contributed by atoms with van der Waals surface area (Å²) in [6, 6.07) is 5.05. The monoisotopic (exact) mass is 295 g/mol. The Morgan fingerprint density at radius 3 is 2.57 bits per heavy atom. The molecule has 116 valence electrons. The van der Waals surface area contributed by atoms with Crippen LogP contribution in [0.15, 0.2) is 23.2 Å². The van der Waals surface area contributed by atoms with Crippen molar-refractivity contribution in [3.05, 3.63) is 23.8 Å². The van der Waals surface area contributed by atoms with E-state index >= 15 is 0 Å². The summed E-state index contributed by atoms with van der Waals surface area (Å²) >= 11 is 0. The van der Waals surface area contributed by atoms with Gasteiger partial charge in [-0.15, -0.1) is 0 Å². The Kier molecular flexibility index (Phi) is 6.86. The van der Waals surface area contributed by atoms with Gasteiger partial charge in [0.15, 0.2) is 17.5 Å². The van der Waals surface area contributed by atoms with Gasteiger partial charge in [-0.1, -0.05) is 6.07 Å². The van der Waals surface area contributed by atoms with Crippen LogP contribution in [0.1, 0.15) is 23.2 Å². The maximum Gasteiger partial charge on any atom is 0.342 e. The molecule has 0 unspecified atom stereocenters. The van der Waals surface area contributed by atoms with E-state index in [-0.39, 0.29) is 5.96 Å². The minimum absolute atomic E-state index is 0.0631. The summed E-state index contributed by atoms with van der Waals surface area (Å²) in [5.74, 6) is 0.464. The number of nitrogens with zero attached hydrogens (tertiary/aromatic N) is 1. The summed E-state index contributed by atoms with van der Waals surface area (Å²) < 4.78 is 15.5. The number of methoxy groups -OCH3 is 2. The normalized spacial score (nSPS) is 9.81. The number of para-hydroxylation sites is 1. The summed E-state index contributed by atoms with van der Waals surface area (Å²) in [5.41, 5.74) is 10.7. The average Bonchev–Trinajstić information content (AvgIpc) is 2.49. The maximum absolute atomic E-state index is 12.0. The minimum atomic E-state index is -0.451. The molecule has 0 saturated carbocycles. The van der Waals surface area contributed by atoms with Crippen LogP contribution in [0.25, 0.3) is 0 Å². The average molecular weight is 295 g/mol. The van der Waals surface area contributed by atoms with Gasteiger partial charge >= 0.3 is 5.97 Å². The molecule has 0 aromatic heterocycles. The number of benzene rings is 1. The quantitative estimate of drug-likeness (QED) is 0.319. The lowest BCUT2D eigenvalue weighted by Gasteiger charge is -2.11. The van der Waals surface area contributed by atoms with Crippen LogP contribution in [0, 0.1) is 0 Å². The lowest BCUT2D eigenvalue weighted by Crippen LogP contribution is -2.23. The van der Waals surface area contributed by atoms with Gasteiger partial charge in [-0.2, -0.15) is 0 Å². The molecule has 4 N–H and O–H groups in total. The van der Waals surface area contributed by atoms with Gasteiger partial charge < -0.3 is 25.7 Å². The molecule has 0 atom stereocenters. The molecule has 7 nitrogen and oxygen atoms in total. The first-order chi connectivity index (χ1) is 10.1. The van der Waals surface area contributed by atoms with Crippen LogP contribution in [0.5, 0.6) is 11.5 Å². The first-order valence-corrected chi connectivity index (χ1v) is 6.53. The second-order valence-corrected chi connectivity index (χ2v) is 4.19. The van der Waals surface area contributed by atoms with E-state index in [0.29, 0.717) is 36.6 Å². The highest BCUT2D eigenvalue weighted by Gasteiger charge is 2.17. The predicted octanol–water partition coefficient (Wildman–Crippen LogP) is 0.914. The zero-order chi connectivity index (χ0) is 15.7. The molecule has 0 saturated heterocycles. The first kappa shape index (κ1) is 16.6. The zero-order valence-corrected chi connectivity index (χ0v) is 12.3. The number of esters is 1. The van der Waals surface area contributed by atoms with Crippen molar-refractivity contribution in [3.8, 4) is 11.5 Å². The largest absolute Gasteiger partial charge is 0.493 e. The lowest BCUT2D eigenvalue weighted by molar-refractivity contribution is 0.0494. The number of guanidine groups is 1. The summed E-state index contributed by atoms with van der Waals surface area (Å²) in [6.45, 7) is 0.807. The Morgan fingerprint density at radius 2 is 1.95 bits per heavy atom. The first-order valence-electron chi connectivity index (χ1n) is 6.53. The molecule has 0 aliphatic carbocycles. The second-order valence-electron chi connectivity index (χ2n) is 4.19. The van der Waals surface area contributed by atoms with Gasteiger partial charge in [-0.3, -0.25) is 4.99 Å². The predicted molar refractivity (Wildman–Crippen MR) is 79.7 cm³/mol. The van der Waals surface area contributed by atoms with Gasteiger partial charge in [0.05, 0.1) is 20.8 Å². The second kappa shape index (κ2) is 8.68. The fourth-order valence-corrected chi connectivity index (χ4v) is 1.71. The highest BCUT2D eigenvalue weighted by atomic mass is 16.5. The van der Waals surface area contributed by atoms with Gasteiger partial charge in [0.1, 0.15) is 5.56 Å². The van der Waals surface area contributed by atoms with Gasteiger partial charge in [-0.05, 0) is 25.0 Å². The number of hydrogen-bond donors (Lipinski definition) is 2. The van der Waals surface area contributed by atoms with Gasteiger partial charge in [0, 0.05) is 6.54 Å². The number of ether oxygens (including phenoxy) is 3. The Hall–Kier alpha value is -2.44. The van der Waals surface area contributed by atoms with Crippen molar-refractivity contribution >= 4 is 11.9 Å². The third kappa shape index (κ3) is 5.21. The number of carbonyl (C=O) groups is 1. The number of hydrogen-bond acceptors (Lipinski definition) is 5. The Morgan fingerprint density at radius 1 is 1.19 bits per heavy atom. The van der Waals surface area contributed by atoms with Crippen LogP contribution < -0.4 is 20.9 Å². The third-order valence-electron chi connectivity index (χ3n) is 2.70. The molecule has 0 fully saturated rings. The van der Waals surface area contributed by atoms with E-state index in [4.69, 9.17) is 25.7 Å². The van der Waals surface area contributed by atoms with Crippen molar-refractivity contribution in [2.45, 2.75) is 12.8 Å². The molecule has 1 aromatic rings. The summed E-state index contributed by atoms with van der Waals surface area (Å²) in [7, 11) is 2.99. The van der Waals surface area contributed by atoms with Crippen molar-refractivity contribution in [1.29, 1.82) is 0 Å². The van der Waals surface area contributed by atoms with Crippen LogP contribution in [0.2, 0.25) is 0 Å². The number of carbonyl (C=O) groups excluding carboxylic acids is 1. The highest BCUT2D eigenvalue weighted by Crippen LogP contribution is 2.31. The van der Waals surface area contributed by atoms with E-state index in [1.54, 1.807) is 18.2 Å². The van der Waals surface area contributed by atoms with E-state index in [1.165, 1.54) is 14.2 Å². The Bertz CT molecular complexity index is 499. The SMILES string of the molecule is COc1cccc(C(=O)OCCCCN=C(N)N)c1OC. The lowest BCUT2D eigenvalue weighted by atomic mass is 10.2. The molecular formula is C14H21N3O4. The molecule has 0 heterocycles. The molecule has 0 spiro atoms. The Balaban J connectivity index is 2.51. The fourth-order valence-electron chi connectivity index (χ4n) is 1.71. The van der Waals surface area contributed by atoms with Crippen molar-refractivity contribution in [2.24, 2.45) is 16.5 Å². The molecule has 1 aromatic carbocycles. The van der Waals surface area contributed by atoms with Gasteiger partial charge in [0.2, 0.25) is 0 Å². The molecule has 7 heteroatoms. The smallest absolute Gasteiger partial charge is 0.342 e. The molecule has 21 heavy (non-hydrogen) atoms. The van der Waals surface area contributed by atoms with E-state index < -0.39 is 5.97 Å². The molecule has 0 aliphatic rings. The van der Waals surface area contributed by atoms with E-state index in [1.807, 2.05) is 0 Å². The number of aliphatic imine (C=N–C) groups is 1. The Labute approximate surface area is 123 Å². The minimum Gasteiger partial charge on any atom is -0.493 e. The standard InChI is InChI=1S/C14H21N3O4/c1-19-11-7-5-6-10(12(11)20-2)13(18)21-9-4-3-8-17-14(15)16/h5-7H,3-4,8-9H2,1-2H3,(H4,15,16,17). The molecule has 0 amide bonds. The molecule has 0 bridgehead atoms. The van der Waals surface area contributed by atoms with Crippen LogP contribution in [0.4, 0.5) is 0 Å². The van der Waals surface area contributed by atoms with E-state index in [9.17, 15) is 4.79 Å². The van der Waals surface area contributed by atoms with Crippen molar-refractivity contribution in [3.63, 3.8) is 0 Å². The number of rotatable bonds is 8. The van der Waals surface area contributed by atoms with Crippen molar-refractivity contribution < 1.29 is 19.0 Å². The summed E-state index contributed by atoms with van der Waals surface area (Å²) in [4.78, 5) is 15.9. The van der Waals surface area contributed by atoms with Crippen LogP contribution in [0.3, 0.4) is 0 Å². The van der Waals surface area contributed by atoms with Crippen molar-refractivity contribution in [1.82, 2.24) is 0 Å². The maximum atomic E-state index is 12.0. The summed E-state index contributed by atoms with van der Waals surface area (Å²) in [5, 5.41) is 0. The number of unbranched alkanes of at least 4 members (excludes halogenated alkanes) is 1. The molecule has 1 rings (SSSR count). The fraction of sp³-hybridized carbons (Fsp3) is 0.429. The van der Waals surface area contributed by atoms with Gasteiger partial charge in [-0.25, -0.2) is 4.79 Å². The molecular weight excluding hydrogens is 274 g/mol. The third-order valence-corrected chi connectivity index (χ3v) is 2.70. The number of nitrogens with two attached hydrogens (primary N) is 2. The zero-order valence-electron chi connectivity index (χ0n) is 12.3. The van der Waals surface area contributed by atoms with E-state index in [2.05, 4.69) is 4.99 Å². The molecule has 0 radical (unpaired) electrons. The highest BCUT2D eigenvalue weighted by molar-refractivity contribution is 5.93. The summed E-state index contributed by atoms with van der Waals surface area (Å²) in [6.07, 6.45) is 1.41. The topological polar surface area (TPSA) is 109 Å². The molecule has 0 aliphatic heterocycles. The van der Waals surface area contributed by atoms with Gasteiger partial charge in [0.25, 0.3) is 0 Å². The van der Waals surface area contributed by atoms with Crippen LogP contribution in [-0.4, -0.2) is 39.3 Å².